The Hall–Kier alpha value is -2.89. The molecule has 2 atom stereocenters. The summed E-state index contributed by atoms with van der Waals surface area (Å²) in [7, 11) is 0. The Morgan fingerprint density at radius 3 is 3.04 bits per heavy atom. The summed E-state index contributed by atoms with van der Waals surface area (Å²) in [6, 6.07) is 10.5. The van der Waals surface area contributed by atoms with Crippen LogP contribution in [0.1, 0.15) is 29.5 Å². The van der Waals surface area contributed by atoms with Gasteiger partial charge in [-0.15, -0.1) is 0 Å². The van der Waals surface area contributed by atoms with E-state index in [9.17, 15) is 9.59 Å². The molecule has 0 amide bonds. The Balaban J connectivity index is 1.46. The number of carbonyl (C=O) groups excluding carboxylic acids is 1. The van der Waals surface area contributed by atoms with E-state index < -0.39 is 0 Å². The van der Waals surface area contributed by atoms with Gasteiger partial charge in [0, 0.05) is 17.7 Å². The second-order valence-electron chi connectivity index (χ2n) is 6.02. The van der Waals surface area contributed by atoms with Gasteiger partial charge in [-0.3, -0.25) is 14.0 Å². The van der Waals surface area contributed by atoms with Gasteiger partial charge in [0.1, 0.15) is 18.0 Å². The number of ether oxygens (including phenoxy) is 1. The van der Waals surface area contributed by atoms with E-state index in [4.69, 9.17) is 9.15 Å². The predicted molar refractivity (Wildman–Crippen MR) is 85.6 cm³/mol. The fourth-order valence-electron chi connectivity index (χ4n) is 2.96. The highest BCUT2D eigenvalue weighted by Crippen LogP contribution is 2.48. The number of aromatic nitrogens is 2. The number of carbonyl (C=O) groups is 1. The molecule has 3 heterocycles. The van der Waals surface area contributed by atoms with Crippen LogP contribution in [0, 0.1) is 12.8 Å². The molecule has 1 fully saturated rings. The molecule has 24 heavy (non-hydrogen) atoms. The van der Waals surface area contributed by atoms with E-state index in [1.165, 1.54) is 10.5 Å². The Morgan fingerprint density at radius 2 is 2.25 bits per heavy atom. The average Bonchev–Trinajstić information content (AvgIpc) is 3.18. The topological polar surface area (TPSA) is 73.8 Å². The van der Waals surface area contributed by atoms with Crippen LogP contribution in [0.5, 0.6) is 0 Å². The van der Waals surface area contributed by atoms with Crippen molar-refractivity contribution in [2.45, 2.75) is 25.9 Å². The lowest BCUT2D eigenvalue weighted by Gasteiger charge is -2.07. The lowest BCUT2D eigenvalue weighted by molar-refractivity contribution is -0.146. The van der Waals surface area contributed by atoms with Crippen molar-refractivity contribution in [1.82, 2.24) is 9.38 Å². The number of aryl methyl sites for hydroxylation is 1. The monoisotopic (exact) mass is 324 g/mol. The predicted octanol–water partition coefficient (Wildman–Crippen LogP) is 2.44. The highest BCUT2D eigenvalue weighted by molar-refractivity contribution is 5.77. The summed E-state index contributed by atoms with van der Waals surface area (Å²) >= 11 is 0. The number of esters is 1. The third-order valence-corrected chi connectivity index (χ3v) is 4.30. The maximum absolute atomic E-state index is 12.2. The van der Waals surface area contributed by atoms with Gasteiger partial charge in [-0.2, -0.15) is 0 Å². The van der Waals surface area contributed by atoms with Crippen molar-refractivity contribution < 1.29 is 13.9 Å². The average molecular weight is 324 g/mol. The van der Waals surface area contributed by atoms with Crippen LogP contribution >= 0.6 is 0 Å². The zero-order valence-corrected chi connectivity index (χ0v) is 13.1. The molecule has 122 valence electrons. The molecule has 0 aromatic carbocycles. The Labute approximate surface area is 137 Å². The summed E-state index contributed by atoms with van der Waals surface area (Å²) in [6.07, 6.45) is 2.34. The molecule has 1 aliphatic rings. The molecule has 0 spiro atoms. The van der Waals surface area contributed by atoms with Gasteiger partial charge < -0.3 is 9.15 Å². The highest BCUT2D eigenvalue weighted by Gasteiger charge is 2.47. The van der Waals surface area contributed by atoms with Gasteiger partial charge >= 0.3 is 5.97 Å². The summed E-state index contributed by atoms with van der Waals surface area (Å²) < 4.78 is 12.2. The Bertz CT molecular complexity index is 959. The largest absolute Gasteiger partial charge is 0.469 e. The van der Waals surface area contributed by atoms with Gasteiger partial charge in [0.05, 0.1) is 17.9 Å². The van der Waals surface area contributed by atoms with E-state index in [0.29, 0.717) is 11.3 Å². The first kappa shape index (κ1) is 14.7. The minimum atomic E-state index is -0.275. The first-order valence-electron chi connectivity index (χ1n) is 7.82. The molecule has 6 heteroatoms. The summed E-state index contributed by atoms with van der Waals surface area (Å²) in [5, 5.41) is 0. The molecule has 0 unspecified atom stereocenters. The van der Waals surface area contributed by atoms with Crippen molar-refractivity contribution in [2.24, 2.45) is 5.92 Å². The fourth-order valence-corrected chi connectivity index (χ4v) is 2.96. The van der Waals surface area contributed by atoms with Gasteiger partial charge in [-0.25, -0.2) is 4.98 Å². The molecule has 3 aromatic heterocycles. The molecule has 6 nitrogen and oxygen atoms in total. The second-order valence-corrected chi connectivity index (χ2v) is 6.02. The molecule has 0 N–H and O–H groups in total. The summed E-state index contributed by atoms with van der Waals surface area (Å²) in [4.78, 5) is 28.7. The van der Waals surface area contributed by atoms with Crippen LogP contribution in [0.15, 0.2) is 51.9 Å². The van der Waals surface area contributed by atoms with E-state index in [0.717, 1.165) is 17.9 Å². The van der Waals surface area contributed by atoms with Crippen LogP contribution in [0.2, 0.25) is 0 Å². The van der Waals surface area contributed by atoms with E-state index in [1.807, 2.05) is 31.2 Å². The smallest absolute Gasteiger partial charge is 0.310 e. The van der Waals surface area contributed by atoms with Crippen molar-refractivity contribution in [2.75, 3.05) is 0 Å². The standard InChI is InChI=1S/C18H16N2O4/c1-11-4-2-6-16-19-12(8-17(21)20(11)16)10-24-18(22)14-9-13(14)15-5-3-7-23-15/h2-8,13-14H,9-10H2,1H3/t13-,14+/m1/s1. The van der Waals surface area contributed by atoms with Gasteiger partial charge in [0.25, 0.3) is 5.56 Å². The number of hydrogen-bond donors (Lipinski definition) is 0. The van der Waals surface area contributed by atoms with Gasteiger partial charge in [0.2, 0.25) is 0 Å². The Kier molecular flexibility index (Phi) is 3.45. The van der Waals surface area contributed by atoms with Gasteiger partial charge in [-0.05, 0) is 37.6 Å². The van der Waals surface area contributed by atoms with Crippen molar-refractivity contribution in [1.29, 1.82) is 0 Å². The number of pyridine rings is 1. The van der Waals surface area contributed by atoms with Crippen molar-refractivity contribution in [3.8, 4) is 0 Å². The van der Waals surface area contributed by atoms with E-state index in [2.05, 4.69) is 4.98 Å². The molecular formula is C18H16N2O4. The van der Waals surface area contributed by atoms with Gasteiger partial charge in [-0.1, -0.05) is 6.07 Å². The SMILES string of the molecule is Cc1cccc2nc(COC(=O)[C@H]3C[C@H]3c3ccco3)cc(=O)n12. The first-order chi connectivity index (χ1) is 11.6. The van der Waals surface area contributed by atoms with Crippen molar-refractivity contribution in [3.05, 3.63) is 70.2 Å². The van der Waals surface area contributed by atoms with Crippen LogP contribution in [0.3, 0.4) is 0 Å². The Morgan fingerprint density at radius 1 is 1.38 bits per heavy atom. The third-order valence-electron chi connectivity index (χ3n) is 4.30. The lowest BCUT2D eigenvalue weighted by atomic mass is 10.2. The zero-order valence-electron chi connectivity index (χ0n) is 13.1. The van der Waals surface area contributed by atoms with E-state index in [-0.39, 0.29) is 30.0 Å². The van der Waals surface area contributed by atoms with Crippen LogP contribution in [0.4, 0.5) is 0 Å². The van der Waals surface area contributed by atoms with Gasteiger partial charge in [0.15, 0.2) is 0 Å². The number of rotatable bonds is 4. The van der Waals surface area contributed by atoms with Crippen molar-refractivity contribution >= 4 is 11.6 Å². The normalized spacial score (nSPS) is 19.4. The molecular weight excluding hydrogens is 308 g/mol. The summed E-state index contributed by atoms with van der Waals surface area (Å²) in [5.74, 6) is 0.474. The molecule has 3 aromatic rings. The molecule has 4 rings (SSSR count). The third kappa shape index (κ3) is 2.60. The lowest BCUT2D eigenvalue weighted by Crippen LogP contribution is -2.18. The van der Waals surface area contributed by atoms with Crippen LogP contribution < -0.4 is 5.56 Å². The van der Waals surface area contributed by atoms with Crippen molar-refractivity contribution in [3.63, 3.8) is 0 Å². The second kappa shape index (κ2) is 5.63. The van der Waals surface area contributed by atoms with Crippen LogP contribution in [-0.4, -0.2) is 15.4 Å². The molecule has 0 radical (unpaired) electrons. The van der Waals surface area contributed by atoms with E-state index >= 15 is 0 Å². The van der Waals surface area contributed by atoms with Crippen LogP contribution in [0.25, 0.3) is 5.65 Å². The maximum Gasteiger partial charge on any atom is 0.310 e. The number of hydrogen-bond acceptors (Lipinski definition) is 5. The minimum absolute atomic E-state index is 0.000109. The molecule has 0 bridgehead atoms. The first-order valence-corrected chi connectivity index (χ1v) is 7.82. The summed E-state index contributed by atoms with van der Waals surface area (Å²) in [5.41, 5.74) is 1.64. The molecule has 0 saturated heterocycles. The minimum Gasteiger partial charge on any atom is -0.469 e. The number of fused-ring (bicyclic) bond motifs is 1. The number of nitrogens with zero attached hydrogens (tertiary/aromatic N) is 2. The molecule has 1 saturated carbocycles. The summed E-state index contributed by atoms with van der Waals surface area (Å²) in [6.45, 7) is 1.84. The number of furan rings is 1. The maximum atomic E-state index is 12.2. The fraction of sp³-hybridized carbons (Fsp3) is 0.278. The highest BCUT2D eigenvalue weighted by atomic mass is 16.5. The zero-order chi connectivity index (χ0) is 16.7. The molecule has 0 aliphatic heterocycles. The van der Waals surface area contributed by atoms with Crippen LogP contribution in [-0.2, 0) is 16.1 Å². The van der Waals surface area contributed by atoms with E-state index in [1.54, 1.807) is 12.3 Å². The molecule has 1 aliphatic carbocycles. The quantitative estimate of drug-likeness (QED) is 0.689.